The summed E-state index contributed by atoms with van der Waals surface area (Å²) in [5.74, 6) is 1.75. The molecule has 3 aliphatic rings. The van der Waals surface area contributed by atoms with Crippen LogP contribution >= 0.6 is 0 Å². The molecular formula is C13H16N2O2. The Bertz CT molecular complexity index is 457. The average Bonchev–Trinajstić information content (AvgIpc) is 2.94. The number of rotatable bonds is 1. The lowest BCUT2D eigenvalue weighted by atomic mass is 9.81. The second-order valence-corrected chi connectivity index (χ2v) is 5.31. The van der Waals surface area contributed by atoms with E-state index in [0.29, 0.717) is 12.2 Å². The average molecular weight is 232 g/mol. The van der Waals surface area contributed by atoms with Gasteiger partial charge in [-0.25, -0.2) is 0 Å². The fraction of sp³-hybridized carbons (Fsp3) is 0.538. The van der Waals surface area contributed by atoms with Crippen molar-refractivity contribution < 1.29 is 9.47 Å². The lowest BCUT2D eigenvalue weighted by molar-refractivity contribution is 0.174. The van der Waals surface area contributed by atoms with Crippen LogP contribution < -0.4 is 19.7 Å². The van der Waals surface area contributed by atoms with Crippen molar-refractivity contribution in [1.82, 2.24) is 5.32 Å². The number of nitrogens with one attached hydrogen (secondary N) is 1. The summed E-state index contributed by atoms with van der Waals surface area (Å²) in [5.41, 5.74) is 1.80. The maximum absolute atomic E-state index is 5.43. The molecule has 4 nitrogen and oxygen atoms in total. The Hall–Kier alpha value is -1.42. The highest BCUT2D eigenvalue weighted by molar-refractivity contribution is 5.58. The van der Waals surface area contributed by atoms with E-state index in [1.54, 1.807) is 0 Å². The van der Waals surface area contributed by atoms with Crippen LogP contribution in [0.1, 0.15) is 6.42 Å². The molecule has 4 rings (SSSR count). The van der Waals surface area contributed by atoms with Crippen LogP contribution in [0.4, 0.5) is 5.69 Å². The predicted octanol–water partition coefficient (Wildman–Crippen LogP) is 1.22. The largest absolute Gasteiger partial charge is 0.454 e. The monoisotopic (exact) mass is 232 g/mol. The molecular weight excluding hydrogens is 216 g/mol. The number of nitrogens with zero attached hydrogens (tertiary/aromatic N) is 1. The highest BCUT2D eigenvalue weighted by atomic mass is 16.7. The third-order valence-electron chi connectivity index (χ3n) is 4.16. The van der Waals surface area contributed by atoms with E-state index in [1.165, 1.54) is 31.7 Å². The standard InChI is InChI=1S/C13H16N2O2/c1-2-11-12(17-9-16-11)5-10(1)15-4-3-13(8-15)6-14-7-13/h1-2,5,14H,3-4,6-9H2. The third kappa shape index (κ3) is 1.40. The summed E-state index contributed by atoms with van der Waals surface area (Å²) in [5, 5.41) is 3.39. The number of hydrogen-bond acceptors (Lipinski definition) is 4. The van der Waals surface area contributed by atoms with E-state index in [1.807, 2.05) is 6.07 Å². The van der Waals surface area contributed by atoms with Gasteiger partial charge in [0.15, 0.2) is 11.5 Å². The number of benzene rings is 1. The highest BCUT2D eigenvalue weighted by Gasteiger charge is 2.43. The normalized spacial score (nSPS) is 24.1. The maximum Gasteiger partial charge on any atom is 0.231 e. The van der Waals surface area contributed by atoms with Gasteiger partial charge in [0, 0.05) is 43.3 Å². The van der Waals surface area contributed by atoms with Gasteiger partial charge in [-0.1, -0.05) is 0 Å². The Labute approximate surface area is 101 Å². The van der Waals surface area contributed by atoms with Crippen LogP contribution in [-0.4, -0.2) is 33.0 Å². The van der Waals surface area contributed by atoms with Crippen molar-refractivity contribution in [3.63, 3.8) is 0 Å². The van der Waals surface area contributed by atoms with Gasteiger partial charge in [0.2, 0.25) is 6.79 Å². The van der Waals surface area contributed by atoms with Crippen LogP contribution in [0.3, 0.4) is 0 Å². The van der Waals surface area contributed by atoms with E-state index in [2.05, 4.69) is 22.3 Å². The molecule has 2 fully saturated rings. The Kier molecular flexibility index (Phi) is 1.86. The molecule has 1 spiro atoms. The Morgan fingerprint density at radius 2 is 2.06 bits per heavy atom. The molecule has 17 heavy (non-hydrogen) atoms. The van der Waals surface area contributed by atoms with Gasteiger partial charge < -0.3 is 19.7 Å². The molecule has 0 radical (unpaired) electrons. The van der Waals surface area contributed by atoms with Crippen molar-refractivity contribution in [2.75, 3.05) is 37.9 Å². The predicted molar refractivity (Wildman–Crippen MR) is 64.7 cm³/mol. The Morgan fingerprint density at radius 3 is 2.82 bits per heavy atom. The molecule has 1 aromatic rings. The second kappa shape index (κ2) is 3.29. The molecule has 0 saturated carbocycles. The minimum absolute atomic E-state index is 0.354. The van der Waals surface area contributed by atoms with E-state index in [4.69, 9.17) is 9.47 Å². The number of fused-ring (bicyclic) bond motifs is 1. The molecule has 0 aliphatic carbocycles. The maximum atomic E-state index is 5.43. The Morgan fingerprint density at radius 1 is 1.18 bits per heavy atom. The first-order valence-electron chi connectivity index (χ1n) is 6.20. The van der Waals surface area contributed by atoms with Crippen LogP contribution in [0.5, 0.6) is 11.5 Å². The highest BCUT2D eigenvalue weighted by Crippen LogP contribution is 2.40. The first-order chi connectivity index (χ1) is 8.35. The van der Waals surface area contributed by atoms with Crippen LogP contribution in [0.15, 0.2) is 18.2 Å². The fourth-order valence-electron chi connectivity index (χ4n) is 3.00. The van der Waals surface area contributed by atoms with Gasteiger partial charge in [-0.15, -0.1) is 0 Å². The van der Waals surface area contributed by atoms with E-state index in [-0.39, 0.29) is 0 Å². The van der Waals surface area contributed by atoms with Gasteiger partial charge in [-0.2, -0.15) is 0 Å². The topological polar surface area (TPSA) is 33.7 Å². The molecule has 4 heteroatoms. The summed E-state index contributed by atoms with van der Waals surface area (Å²) < 4.78 is 10.8. The zero-order valence-corrected chi connectivity index (χ0v) is 9.74. The number of ether oxygens (including phenoxy) is 2. The quantitative estimate of drug-likeness (QED) is 0.789. The molecule has 0 bridgehead atoms. The summed E-state index contributed by atoms with van der Waals surface area (Å²) in [6, 6.07) is 6.26. The Balaban J connectivity index is 1.59. The fourth-order valence-corrected chi connectivity index (χ4v) is 3.00. The number of anilines is 1. The van der Waals surface area contributed by atoms with E-state index >= 15 is 0 Å². The van der Waals surface area contributed by atoms with Gasteiger partial charge in [-0.3, -0.25) is 0 Å². The molecule has 3 heterocycles. The van der Waals surface area contributed by atoms with E-state index in [0.717, 1.165) is 18.0 Å². The van der Waals surface area contributed by atoms with Crippen molar-refractivity contribution in [2.45, 2.75) is 6.42 Å². The molecule has 0 aromatic heterocycles. The summed E-state index contributed by atoms with van der Waals surface area (Å²) in [6.45, 7) is 5.02. The first-order valence-corrected chi connectivity index (χ1v) is 6.20. The third-order valence-corrected chi connectivity index (χ3v) is 4.16. The van der Waals surface area contributed by atoms with Crippen molar-refractivity contribution in [2.24, 2.45) is 5.41 Å². The minimum Gasteiger partial charge on any atom is -0.454 e. The van der Waals surface area contributed by atoms with Crippen LogP contribution in [0.2, 0.25) is 0 Å². The lowest BCUT2D eigenvalue weighted by Gasteiger charge is -2.39. The van der Waals surface area contributed by atoms with E-state index < -0.39 is 0 Å². The van der Waals surface area contributed by atoms with Crippen molar-refractivity contribution >= 4 is 5.69 Å². The minimum atomic E-state index is 0.354. The zero-order valence-electron chi connectivity index (χ0n) is 9.74. The second-order valence-electron chi connectivity index (χ2n) is 5.31. The van der Waals surface area contributed by atoms with Crippen LogP contribution in [0.25, 0.3) is 0 Å². The lowest BCUT2D eigenvalue weighted by Crippen LogP contribution is -2.54. The summed E-state index contributed by atoms with van der Waals surface area (Å²) >= 11 is 0. The smallest absolute Gasteiger partial charge is 0.231 e. The molecule has 0 atom stereocenters. The van der Waals surface area contributed by atoms with Gasteiger partial charge in [-0.05, 0) is 18.6 Å². The molecule has 0 unspecified atom stereocenters. The van der Waals surface area contributed by atoms with Crippen molar-refractivity contribution in [3.05, 3.63) is 18.2 Å². The molecule has 3 aliphatic heterocycles. The van der Waals surface area contributed by atoms with Crippen molar-refractivity contribution in [3.8, 4) is 11.5 Å². The van der Waals surface area contributed by atoms with E-state index in [9.17, 15) is 0 Å². The molecule has 1 aromatic carbocycles. The van der Waals surface area contributed by atoms with Crippen LogP contribution in [0, 0.1) is 5.41 Å². The summed E-state index contributed by atoms with van der Waals surface area (Å²) in [7, 11) is 0. The van der Waals surface area contributed by atoms with Gasteiger partial charge in [0.25, 0.3) is 0 Å². The SMILES string of the molecule is c1cc2c(cc1N1CCC3(CNC3)C1)OCO2. The van der Waals surface area contributed by atoms with Gasteiger partial charge in [0.1, 0.15) is 0 Å². The van der Waals surface area contributed by atoms with Gasteiger partial charge in [0.05, 0.1) is 0 Å². The van der Waals surface area contributed by atoms with Crippen LogP contribution in [-0.2, 0) is 0 Å². The molecule has 1 N–H and O–H groups in total. The van der Waals surface area contributed by atoms with Crippen molar-refractivity contribution in [1.29, 1.82) is 0 Å². The summed E-state index contributed by atoms with van der Waals surface area (Å²) in [6.07, 6.45) is 1.30. The molecule has 90 valence electrons. The summed E-state index contributed by atoms with van der Waals surface area (Å²) in [4.78, 5) is 2.46. The zero-order chi connectivity index (χ0) is 11.3. The molecule has 0 amide bonds. The van der Waals surface area contributed by atoms with Gasteiger partial charge >= 0.3 is 0 Å². The molecule has 2 saturated heterocycles. The first kappa shape index (κ1) is 9.59. The number of hydrogen-bond donors (Lipinski definition) is 1.